The molecule has 0 bridgehead atoms. The van der Waals surface area contributed by atoms with Gasteiger partial charge in [0.2, 0.25) is 5.91 Å². The third-order valence-corrected chi connectivity index (χ3v) is 5.89. The average Bonchev–Trinajstić information content (AvgIpc) is 3.00. The lowest BCUT2D eigenvalue weighted by Crippen LogP contribution is -2.44. The average molecular weight is 417 g/mol. The molecule has 0 spiro atoms. The van der Waals surface area contributed by atoms with Gasteiger partial charge in [0.05, 0.1) is 30.5 Å². The van der Waals surface area contributed by atoms with Gasteiger partial charge in [0.25, 0.3) is 0 Å². The molecule has 0 radical (unpaired) electrons. The van der Waals surface area contributed by atoms with E-state index in [1.807, 2.05) is 11.9 Å². The number of methoxy groups -OCH3 is 1. The number of anilines is 1. The molecule has 1 aromatic heterocycles. The number of nitrogens with zero attached hydrogens (tertiary/aromatic N) is 5. The van der Waals surface area contributed by atoms with Crippen molar-refractivity contribution in [3.63, 3.8) is 0 Å². The smallest absolute Gasteiger partial charge is 0.311 e. The molecule has 1 aromatic carbocycles. The maximum absolute atomic E-state index is 13.4. The fraction of sp³-hybridized carbons (Fsp3) is 0.500. The van der Waals surface area contributed by atoms with Crippen LogP contribution in [-0.2, 0) is 18.3 Å². The second-order valence-corrected chi connectivity index (χ2v) is 7.67. The van der Waals surface area contributed by atoms with Crippen LogP contribution in [0.4, 0.5) is 15.8 Å². The largest absolute Gasteiger partial charge is 0.490 e. The normalized spacial score (nSPS) is 17.2. The first-order valence-electron chi connectivity index (χ1n) is 9.93. The minimum Gasteiger partial charge on any atom is -0.490 e. The number of nitro groups is 1. The number of carbonyl (C=O) groups excluding carboxylic acids is 1. The number of ether oxygens (including phenoxy) is 1. The molecule has 1 saturated heterocycles. The number of benzene rings is 1. The predicted octanol–water partition coefficient (Wildman–Crippen LogP) is 2.33. The van der Waals surface area contributed by atoms with Gasteiger partial charge in [-0.25, -0.2) is 4.39 Å². The van der Waals surface area contributed by atoms with E-state index in [1.54, 1.807) is 21.8 Å². The van der Waals surface area contributed by atoms with Gasteiger partial charge in [-0.1, -0.05) is 0 Å². The Morgan fingerprint density at radius 2 is 2.03 bits per heavy atom. The van der Waals surface area contributed by atoms with E-state index in [4.69, 9.17) is 4.74 Å². The van der Waals surface area contributed by atoms with Gasteiger partial charge in [0.1, 0.15) is 6.17 Å². The van der Waals surface area contributed by atoms with Crippen LogP contribution in [0.15, 0.2) is 18.3 Å². The second kappa shape index (κ2) is 8.02. The lowest BCUT2D eigenvalue weighted by molar-refractivity contribution is -0.385. The van der Waals surface area contributed by atoms with Crippen molar-refractivity contribution in [3.05, 3.63) is 34.1 Å². The van der Waals surface area contributed by atoms with E-state index in [-0.39, 0.29) is 23.9 Å². The number of aromatic nitrogens is 2. The molecular formula is C20H24FN5O4. The summed E-state index contributed by atoms with van der Waals surface area (Å²) in [5.74, 6) is -0.0210. The summed E-state index contributed by atoms with van der Waals surface area (Å²) in [7, 11) is 3.18. The number of alkyl halides is 1. The first kappa shape index (κ1) is 20.3. The third-order valence-electron chi connectivity index (χ3n) is 5.89. The zero-order valence-electron chi connectivity index (χ0n) is 17.0. The maximum Gasteiger partial charge on any atom is 0.311 e. The van der Waals surface area contributed by atoms with Crippen molar-refractivity contribution in [1.29, 1.82) is 0 Å². The Hall–Kier alpha value is -3.01. The van der Waals surface area contributed by atoms with Crippen molar-refractivity contribution in [2.75, 3.05) is 38.2 Å². The minimum absolute atomic E-state index is 0.0992. The van der Waals surface area contributed by atoms with Crippen LogP contribution in [0.1, 0.15) is 18.5 Å². The van der Waals surface area contributed by atoms with E-state index in [9.17, 15) is 19.3 Å². The second-order valence-electron chi connectivity index (χ2n) is 7.67. The van der Waals surface area contributed by atoms with Crippen molar-refractivity contribution in [3.8, 4) is 16.9 Å². The number of aryl methyl sites for hydroxylation is 1. The van der Waals surface area contributed by atoms with E-state index in [1.165, 1.54) is 13.2 Å². The summed E-state index contributed by atoms with van der Waals surface area (Å²) in [6.45, 7) is 1.68. The van der Waals surface area contributed by atoms with E-state index < -0.39 is 11.1 Å². The monoisotopic (exact) mass is 417 g/mol. The highest BCUT2D eigenvalue weighted by Crippen LogP contribution is 2.43. The Bertz CT molecular complexity index is 984. The number of hydrogen-bond donors (Lipinski definition) is 0. The number of rotatable bonds is 4. The van der Waals surface area contributed by atoms with Crippen LogP contribution in [0.5, 0.6) is 5.75 Å². The van der Waals surface area contributed by atoms with E-state index >= 15 is 0 Å². The highest BCUT2D eigenvalue weighted by atomic mass is 19.1. The van der Waals surface area contributed by atoms with Crippen LogP contribution in [-0.4, -0.2) is 65.0 Å². The predicted molar refractivity (Wildman–Crippen MR) is 108 cm³/mol. The summed E-state index contributed by atoms with van der Waals surface area (Å²) in [4.78, 5) is 27.9. The SMILES string of the molecule is COc1cc2c(cc1[N+](=O)[O-])-c1cnn(C)c1CCN2C(=O)CN1CCC(F)CC1. The van der Waals surface area contributed by atoms with Crippen LogP contribution >= 0.6 is 0 Å². The highest BCUT2D eigenvalue weighted by molar-refractivity contribution is 6.00. The molecule has 0 unspecified atom stereocenters. The third kappa shape index (κ3) is 3.62. The fourth-order valence-electron chi connectivity index (χ4n) is 4.22. The molecule has 1 amide bonds. The van der Waals surface area contributed by atoms with E-state index in [0.717, 1.165) is 11.3 Å². The van der Waals surface area contributed by atoms with Crippen LogP contribution in [0.3, 0.4) is 0 Å². The topological polar surface area (TPSA) is 93.7 Å². The zero-order chi connectivity index (χ0) is 21.4. The van der Waals surface area contributed by atoms with Crippen LogP contribution in [0.2, 0.25) is 0 Å². The quantitative estimate of drug-likeness (QED) is 0.560. The van der Waals surface area contributed by atoms with Crippen LogP contribution in [0, 0.1) is 10.1 Å². The number of likely N-dealkylation sites (tertiary alicyclic amines) is 1. The molecule has 1 fully saturated rings. The first-order valence-corrected chi connectivity index (χ1v) is 9.93. The molecule has 0 saturated carbocycles. The summed E-state index contributed by atoms with van der Waals surface area (Å²) in [6.07, 6.45) is 2.29. The number of nitro benzene ring substituents is 1. The molecule has 2 aromatic rings. The van der Waals surface area contributed by atoms with Crippen molar-refractivity contribution >= 4 is 17.3 Å². The lowest BCUT2D eigenvalue weighted by Gasteiger charge is -2.31. The highest BCUT2D eigenvalue weighted by Gasteiger charge is 2.31. The Labute approximate surface area is 173 Å². The molecule has 0 aliphatic carbocycles. The van der Waals surface area contributed by atoms with Crippen molar-refractivity contribution in [1.82, 2.24) is 14.7 Å². The van der Waals surface area contributed by atoms with E-state index in [0.29, 0.717) is 50.1 Å². The van der Waals surface area contributed by atoms with Crippen molar-refractivity contribution < 1.29 is 18.8 Å². The van der Waals surface area contributed by atoms with Gasteiger partial charge in [-0.3, -0.25) is 24.5 Å². The van der Waals surface area contributed by atoms with Gasteiger partial charge in [-0.15, -0.1) is 0 Å². The van der Waals surface area contributed by atoms with Gasteiger partial charge in [0.15, 0.2) is 5.75 Å². The first-order chi connectivity index (χ1) is 14.4. The fourth-order valence-corrected chi connectivity index (χ4v) is 4.22. The molecule has 0 N–H and O–H groups in total. The molecule has 4 rings (SSSR count). The number of amides is 1. The number of piperidine rings is 1. The summed E-state index contributed by atoms with van der Waals surface area (Å²) in [5.41, 5.74) is 2.66. The van der Waals surface area contributed by atoms with Gasteiger partial charge in [-0.2, -0.15) is 5.10 Å². The maximum atomic E-state index is 13.4. The van der Waals surface area contributed by atoms with Gasteiger partial charge in [-0.05, 0) is 12.8 Å². The van der Waals surface area contributed by atoms with Crippen molar-refractivity contribution in [2.24, 2.45) is 7.05 Å². The molecule has 9 nitrogen and oxygen atoms in total. The molecule has 10 heteroatoms. The number of fused-ring (bicyclic) bond motifs is 3. The number of carbonyl (C=O) groups is 1. The Morgan fingerprint density at radius 1 is 1.30 bits per heavy atom. The number of hydrogen-bond acceptors (Lipinski definition) is 6. The summed E-state index contributed by atoms with van der Waals surface area (Å²) >= 11 is 0. The van der Waals surface area contributed by atoms with Gasteiger partial charge in [0, 0.05) is 62.1 Å². The molecule has 2 aliphatic rings. The van der Waals surface area contributed by atoms with Crippen LogP contribution in [0.25, 0.3) is 11.1 Å². The minimum atomic E-state index is -0.804. The zero-order valence-corrected chi connectivity index (χ0v) is 17.0. The van der Waals surface area contributed by atoms with Gasteiger partial charge < -0.3 is 9.64 Å². The van der Waals surface area contributed by atoms with E-state index in [2.05, 4.69) is 5.10 Å². The Balaban J connectivity index is 1.74. The molecular weight excluding hydrogens is 393 g/mol. The Kier molecular flexibility index (Phi) is 5.42. The van der Waals surface area contributed by atoms with Crippen LogP contribution < -0.4 is 9.64 Å². The molecule has 0 atom stereocenters. The number of halogens is 1. The van der Waals surface area contributed by atoms with Crippen molar-refractivity contribution in [2.45, 2.75) is 25.4 Å². The molecule has 30 heavy (non-hydrogen) atoms. The summed E-state index contributed by atoms with van der Waals surface area (Å²) < 4.78 is 20.4. The van der Waals surface area contributed by atoms with Gasteiger partial charge >= 0.3 is 5.69 Å². The Morgan fingerprint density at radius 3 is 2.70 bits per heavy atom. The molecule has 3 heterocycles. The molecule has 2 aliphatic heterocycles. The standard InChI is InChI=1S/C20H24FN5O4/c1-23-16-5-8-25(20(27)12-24-6-3-13(21)4-7-24)17-10-19(30-2)18(26(28)29)9-14(17)15(16)11-22-23/h9-11,13H,3-8,12H2,1-2H3. The molecule has 160 valence electrons. The summed E-state index contributed by atoms with van der Waals surface area (Å²) in [6, 6.07) is 3.01. The summed E-state index contributed by atoms with van der Waals surface area (Å²) in [5, 5.41) is 15.9. The lowest BCUT2D eigenvalue weighted by atomic mass is 10.0.